The van der Waals surface area contributed by atoms with Crippen molar-refractivity contribution in [1.82, 2.24) is 14.7 Å². The minimum Gasteiger partial charge on any atom is -0.337 e. The number of hydrogen-bond donors (Lipinski definition) is 0. The summed E-state index contributed by atoms with van der Waals surface area (Å²) in [7, 11) is 0. The van der Waals surface area contributed by atoms with E-state index >= 15 is 0 Å². The summed E-state index contributed by atoms with van der Waals surface area (Å²) in [6, 6.07) is 25.4. The molecule has 8 heteroatoms. The zero-order chi connectivity index (χ0) is 27.3. The van der Waals surface area contributed by atoms with Crippen LogP contribution in [0.25, 0.3) is 0 Å². The molecule has 2 amide bonds. The first-order valence-electron chi connectivity index (χ1n) is 13.0. The molecule has 0 unspecified atom stereocenters. The largest absolute Gasteiger partial charge is 0.337 e. The molecule has 3 aromatic rings. The van der Waals surface area contributed by atoms with Crippen LogP contribution in [0, 0.1) is 10.1 Å². The Hall–Kier alpha value is -4.04. The van der Waals surface area contributed by atoms with E-state index in [-0.39, 0.29) is 24.0 Å². The SMILES string of the molecule is CCN(CC)CCN(CC(=O)N(CCc1ccccc1)Cc1ccccc1)C(=O)c1ccc([N+](=O)[O-])cc1. The fraction of sp³-hybridized carbons (Fsp3) is 0.333. The third-order valence-corrected chi connectivity index (χ3v) is 6.60. The molecule has 0 saturated carbocycles. The molecular weight excluding hydrogens is 480 g/mol. The van der Waals surface area contributed by atoms with Crippen LogP contribution in [0.4, 0.5) is 5.69 Å². The highest BCUT2D eigenvalue weighted by molar-refractivity contribution is 5.96. The molecule has 0 saturated heterocycles. The zero-order valence-electron chi connectivity index (χ0n) is 22.2. The molecule has 0 aliphatic rings. The zero-order valence-corrected chi connectivity index (χ0v) is 22.2. The van der Waals surface area contributed by atoms with Crippen molar-refractivity contribution in [2.24, 2.45) is 0 Å². The molecule has 0 aromatic heterocycles. The van der Waals surface area contributed by atoms with Crippen LogP contribution in [-0.2, 0) is 17.8 Å². The van der Waals surface area contributed by atoms with Crippen LogP contribution < -0.4 is 0 Å². The van der Waals surface area contributed by atoms with Crippen molar-refractivity contribution in [3.8, 4) is 0 Å². The number of non-ortho nitro benzene ring substituents is 1. The highest BCUT2D eigenvalue weighted by atomic mass is 16.6. The van der Waals surface area contributed by atoms with Crippen LogP contribution in [0.3, 0.4) is 0 Å². The lowest BCUT2D eigenvalue weighted by atomic mass is 10.1. The van der Waals surface area contributed by atoms with Gasteiger partial charge >= 0.3 is 0 Å². The summed E-state index contributed by atoms with van der Waals surface area (Å²) in [6.07, 6.45) is 0.704. The number of nitro benzene ring substituents is 1. The molecular formula is C30H36N4O4. The minimum absolute atomic E-state index is 0.0707. The maximum absolute atomic E-state index is 13.7. The first kappa shape index (κ1) is 28.5. The van der Waals surface area contributed by atoms with Crippen molar-refractivity contribution in [3.05, 3.63) is 112 Å². The van der Waals surface area contributed by atoms with Crippen molar-refractivity contribution in [1.29, 1.82) is 0 Å². The molecule has 0 fully saturated rings. The van der Waals surface area contributed by atoms with Gasteiger partial charge in [0.1, 0.15) is 6.54 Å². The molecule has 0 aliphatic heterocycles. The van der Waals surface area contributed by atoms with Gasteiger partial charge in [0.15, 0.2) is 0 Å². The normalized spacial score (nSPS) is 10.8. The Morgan fingerprint density at radius 1 is 0.737 bits per heavy atom. The third kappa shape index (κ3) is 8.52. The number of likely N-dealkylation sites (N-methyl/N-ethyl adjacent to an activating group) is 1. The van der Waals surface area contributed by atoms with Gasteiger partial charge < -0.3 is 14.7 Å². The lowest BCUT2D eigenvalue weighted by Crippen LogP contribution is -2.46. The van der Waals surface area contributed by atoms with Crippen molar-refractivity contribution >= 4 is 17.5 Å². The predicted molar refractivity (Wildman–Crippen MR) is 149 cm³/mol. The van der Waals surface area contributed by atoms with Crippen molar-refractivity contribution < 1.29 is 14.5 Å². The summed E-state index contributed by atoms with van der Waals surface area (Å²) in [5.41, 5.74) is 2.40. The van der Waals surface area contributed by atoms with E-state index < -0.39 is 4.92 Å². The summed E-state index contributed by atoms with van der Waals surface area (Å²) in [6.45, 7) is 7.68. The van der Waals surface area contributed by atoms with Gasteiger partial charge in [-0.2, -0.15) is 0 Å². The Balaban J connectivity index is 1.80. The summed E-state index contributed by atoms with van der Waals surface area (Å²) in [4.78, 5) is 43.3. The predicted octanol–water partition coefficient (Wildman–Crippen LogP) is 4.65. The van der Waals surface area contributed by atoms with Crippen molar-refractivity contribution in [2.45, 2.75) is 26.8 Å². The lowest BCUT2D eigenvalue weighted by molar-refractivity contribution is -0.384. The quantitative estimate of drug-likeness (QED) is 0.230. The van der Waals surface area contributed by atoms with Crippen LogP contribution in [-0.4, -0.2) is 70.7 Å². The van der Waals surface area contributed by atoms with Gasteiger partial charge in [0.2, 0.25) is 5.91 Å². The van der Waals surface area contributed by atoms with Gasteiger partial charge in [0.25, 0.3) is 11.6 Å². The van der Waals surface area contributed by atoms with E-state index in [1.165, 1.54) is 24.3 Å². The number of benzene rings is 3. The molecule has 8 nitrogen and oxygen atoms in total. The number of nitro groups is 1. The van der Waals surface area contributed by atoms with Gasteiger partial charge in [-0.3, -0.25) is 19.7 Å². The Morgan fingerprint density at radius 2 is 1.32 bits per heavy atom. The minimum atomic E-state index is -0.496. The Bertz CT molecular complexity index is 1170. The molecule has 38 heavy (non-hydrogen) atoms. The van der Waals surface area contributed by atoms with Gasteiger partial charge in [0.05, 0.1) is 4.92 Å². The van der Waals surface area contributed by atoms with E-state index in [9.17, 15) is 19.7 Å². The Morgan fingerprint density at radius 3 is 1.87 bits per heavy atom. The molecule has 0 aliphatic carbocycles. The van der Waals surface area contributed by atoms with Crippen molar-refractivity contribution in [2.75, 3.05) is 39.3 Å². The van der Waals surface area contributed by atoms with Crippen LogP contribution in [0.15, 0.2) is 84.9 Å². The number of rotatable bonds is 14. The summed E-state index contributed by atoms with van der Waals surface area (Å²) >= 11 is 0. The van der Waals surface area contributed by atoms with E-state index in [1.54, 1.807) is 9.80 Å². The fourth-order valence-electron chi connectivity index (χ4n) is 4.23. The molecule has 0 heterocycles. The number of amides is 2. The molecule has 0 radical (unpaired) electrons. The molecule has 200 valence electrons. The van der Waals surface area contributed by atoms with E-state index in [0.29, 0.717) is 38.2 Å². The molecule has 3 aromatic carbocycles. The van der Waals surface area contributed by atoms with E-state index in [2.05, 4.69) is 18.7 Å². The van der Waals surface area contributed by atoms with Gasteiger partial charge in [-0.05, 0) is 42.8 Å². The number of carbonyl (C=O) groups is 2. The third-order valence-electron chi connectivity index (χ3n) is 6.60. The lowest BCUT2D eigenvalue weighted by Gasteiger charge is -2.29. The maximum atomic E-state index is 13.7. The molecule has 0 N–H and O–H groups in total. The topological polar surface area (TPSA) is 87.0 Å². The highest BCUT2D eigenvalue weighted by Crippen LogP contribution is 2.15. The van der Waals surface area contributed by atoms with Gasteiger partial charge in [-0.1, -0.05) is 74.5 Å². The molecule has 0 spiro atoms. The highest BCUT2D eigenvalue weighted by Gasteiger charge is 2.23. The van der Waals surface area contributed by atoms with Gasteiger partial charge in [-0.15, -0.1) is 0 Å². The Labute approximate surface area is 224 Å². The molecule has 0 atom stereocenters. The van der Waals surface area contributed by atoms with Crippen LogP contribution >= 0.6 is 0 Å². The first-order chi connectivity index (χ1) is 18.4. The summed E-state index contributed by atoms with van der Waals surface area (Å²) < 4.78 is 0. The second-order valence-corrected chi connectivity index (χ2v) is 9.09. The average Bonchev–Trinajstić information content (AvgIpc) is 2.95. The fourth-order valence-corrected chi connectivity index (χ4v) is 4.23. The van der Waals surface area contributed by atoms with E-state index in [0.717, 1.165) is 24.2 Å². The monoisotopic (exact) mass is 516 g/mol. The van der Waals surface area contributed by atoms with Gasteiger partial charge in [-0.25, -0.2) is 0 Å². The summed E-state index contributed by atoms with van der Waals surface area (Å²) in [5, 5.41) is 11.0. The number of nitrogens with zero attached hydrogens (tertiary/aromatic N) is 4. The average molecular weight is 517 g/mol. The van der Waals surface area contributed by atoms with Crippen LogP contribution in [0.1, 0.15) is 35.3 Å². The second-order valence-electron chi connectivity index (χ2n) is 9.09. The first-order valence-corrected chi connectivity index (χ1v) is 13.0. The number of hydrogen-bond acceptors (Lipinski definition) is 5. The standard InChI is InChI=1S/C30H36N4O4/c1-3-31(4-2)21-22-33(30(36)27-15-17-28(18-16-27)34(37)38)24-29(35)32(23-26-13-9-6-10-14-26)20-19-25-11-7-5-8-12-25/h5-18H,3-4,19-24H2,1-2H3. The van der Waals surface area contributed by atoms with Gasteiger partial charge in [0, 0.05) is 43.9 Å². The van der Waals surface area contributed by atoms with Crippen LogP contribution in [0.5, 0.6) is 0 Å². The van der Waals surface area contributed by atoms with Crippen LogP contribution in [0.2, 0.25) is 0 Å². The number of carbonyl (C=O) groups excluding carboxylic acids is 2. The Kier molecular flexibility index (Phi) is 11.0. The molecule has 0 bridgehead atoms. The molecule has 3 rings (SSSR count). The van der Waals surface area contributed by atoms with E-state index in [4.69, 9.17) is 0 Å². The maximum Gasteiger partial charge on any atom is 0.269 e. The van der Waals surface area contributed by atoms with Crippen molar-refractivity contribution in [3.63, 3.8) is 0 Å². The smallest absolute Gasteiger partial charge is 0.269 e. The second kappa shape index (κ2) is 14.6. The summed E-state index contributed by atoms with van der Waals surface area (Å²) in [5.74, 6) is -0.456. The van der Waals surface area contributed by atoms with E-state index in [1.807, 2.05) is 60.7 Å².